The van der Waals surface area contributed by atoms with Crippen molar-refractivity contribution in [3.63, 3.8) is 0 Å². The number of hydrogen-bond donors (Lipinski definition) is 1. The Morgan fingerprint density at radius 1 is 1.35 bits per heavy atom. The third-order valence-corrected chi connectivity index (χ3v) is 5.79. The number of rotatable bonds is 3. The summed E-state index contributed by atoms with van der Waals surface area (Å²) in [5.74, 6) is 0.758. The standard InChI is InChI=1S/C19H24N4O2S/c1-12-10-23(11-13(2)25-12)19-20-9-14-15(5-3-6-16(14)22-19)21-18(24)17-7-4-8-26-17/h4,7-9,12-13,15H,3,5-6,10-11H2,1-2H3,(H,21,24)/t12-,13-,15+/m1/s1. The molecule has 3 atom stereocenters. The summed E-state index contributed by atoms with van der Waals surface area (Å²) < 4.78 is 5.80. The Bertz CT molecular complexity index is 770. The van der Waals surface area contributed by atoms with Crippen molar-refractivity contribution in [3.8, 4) is 0 Å². The van der Waals surface area contributed by atoms with Gasteiger partial charge < -0.3 is 15.0 Å². The molecular formula is C19H24N4O2S. The predicted molar refractivity (Wildman–Crippen MR) is 102 cm³/mol. The third-order valence-electron chi connectivity index (χ3n) is 4.92. The van der Waals surface area contributed by atoms with Crippen molar-refractivity contribution >= 4 is 23.2 Å². The molecule has 138 valence electrons. The average molecular weight is 372 g/mol. The lowest BCUT2D eigenvalue weighted by Crippen LogP contribution is -2.46. The second kappa shape index (κ2) is 7.32. The summed E-state index contributed by atoms with van der Waals surface area (Å²) in [5, 5.41) is 5.07. The number of hydrogen-bond acceptors (Lipinski definition) is 6. The highest BCUT2D eigenvalue weighted by Crippen LogP contribution is 2.30. The summed E-state index contributed by atoms with van der Waals surface area (Å²) >= 11 is 1.46. The first-order valence-electron chi connectivity index (χ1n) is 9.20. The molecule has 0 radical (unpaired) electrons. The van der Waals surface area contributed by atoms with Gasteiger partial charge >= 0.3 is 0 Å². The smallest absolute Gasteiger partial charge is 0.261 e. The molecule has 3 heterocycles. The fourth-order valence-electron chi connectivity index (χ4n) is 3.82. The van der Waals surface area contributed by atoms with Gasteiger partial charge in [0.2, 0.25) is 5.95 Å². The van der Waals surface area contributed by atoms with Crippen molar-refractivity contribution in [2.45, 2.75) is 51.4 Å². The number of thiophene rings is 1. The molecule has 7 heteroatoms. The van der Waals surface area contributed by atoms with Gasteiger partial charge in [-0.2, -0.15) is 0 Å². The van der Waals surface area contributed by atoms with Gasteiger partial charge in [0.05, 0.1) is 28.8 Å². The van der Waals surface area contributed by atoms with Crippen LogP contribution in [-0.4, -0.2) is 41.2 Å². The first-order chi connectivity index (χ1) is 12.6. The number of fused-ring (bicyclic) bond motifs is 1. The molecule has 1 fully saturated rings. The molecule has 0 unspecified atom stereocenters. The maximum Gasteiger partial charge on any atom is 0.261 e. The molecule has 0 bridgehead atoms. The lowest BCUT2D eigenvalue weighted by molar-refractivity contribution is -0.00574. The highest BCUT2D eigenvalue weighted by atomic mass is 32.1. The van der Waals surface area contributed by atoms with Crippen molar-refractivity contribution in [1.82, 2.24) is 15.3 Å². The number of nitrogens with zero attached hydrogens (tertiary/aromatic N) is 3. The van der Waals surface area contributed by atoms with Crippen LogP contribution < -0.4 is 10.2 Å². The molecule has 4 rings (SSSR count). The zero-order valence-electron chi connectivity index (χ0n) is 15.1. The number of morpholine rings is 1. The lowest BCUT2D eigenvalue weighted by Gasteiger charge is -2.36. The summed E-state index contributed by atoms with van der Waals surface area (Å²) in [7, 11) is 0. The Hall–Kier alpha value is -1.99. The maximum atomic E-state index is 12.4. The topological polar surface area (TPSA) is 67.4 Å². The van der Waals surface area contributed by atoms with Crippen molar-refractivity contribution in [1.29, 1.82) is 0 Å². The number of ether oxygens (including phenoxy) is 1. The van der Waals surface area contributed by atoms with E-state index in [0.717, 1.165) is 54.4 Å². The van der Waals surface area contributed by atoms with Gasteiger partial charge in [-0.15, -0.1) is 11.3 Å². The van der Waals surface area contributed by atoms with Gasteiger partial charge in [0.25, 0.3) is 5.91 Å². The van der Waals surface area contributed by atoms with Gasteiger partial charge in [-0.25, -0.2) is 9.97 Å². The number of carbonyl (C=O) groups is 1. The van der Waals surface area contributed by atoms with E-state index in [0.29, 0.717) is 0 Å². The van der Waals surface area contributed by atoms with E-state index >= 15 is 0 Å². The van der Waals surface area contributed by atoms with Gasteiger partial charge in [0, 0.05) is 24.8 Å². The molecule has 0 aromatic carbocycles. The van der Waals surface area contributed by atoms with Crippen LogP contribution in [0.5, 0.6) is 0 Å². The van der Waals surface area contributed by atoms with E-state index in [2.05, 4.69) is 29.0 Å². The van der Waals surface area contributed by atoms with E-state index in [1.807, 2.05) is 23.7 Å². The molecule has 1 saturated heterocycles. The second-order valence-corrected chi connectivity index (χ2v) is 8.08. The molecule has 0 spiro atoms. The molecule has 1 aliphatic heterocycles. The molecule has 2 aromatic heterocycles. The average Bonchev–Trinajstić information content (AvgIpc) is 3.15. The molecule has 2 aliphatic rings. The van der Waals surface area contributed by atoms with Crippen LogP contribution in [0, 0.1) is 0 Å². The highest BCUT2D eigenvalue weighted by Gasteiger charge is 2.28. The van der Waals surface area contributed by atoms with E-state index < -0.39 is 0 Å². The van der Waals surface area contributed by atoms with E-state index in [1.54, 1.807) is 0 Å². The summed E-state index contributed by atoms with van der Waals surface area (Å²) in [6, 6.07) is 3.74. The highest BCUT2D eigenvalue weighted by molar-refractivity contribution is 7.12. The van der Waals surface area contributed by atoms with Crippen molar-refractivity contribution in [2.24, 2.45) is 0 Å². The van der Waals surface area contributed by atoms with E-state index in [-0.39, 0.29) is 24.2 Å². The Morgan fingerprint density at radius 3 is 2.88 bits per heavy atom. The zero-order chi connectivity index (χ0) is 18.1. The SMILES string of the molecule is C[C@@H]1CN(c2ncc3c(n2)CCC[C@@H]3NC(=O)c2cccs2)C[C@@H](C)O1. The molecule has 1 aliphatic carbocycles. The molecule has 6 nitrogen and oxygen atoms in total. The largest absolute Gasteiger partial charge is 0.372 e. The summed E-state index contributed by atoms with van der Waals surface area (Å²) in [5.41, 5.74) is 2.11. The van der Waals surface area contributed by atoms with E-state index in [4.69, 9.17) is 9.72 Å². The van der Waals surface area contributed by atoms with Gasteiger partial charge in [0.15, 0.2) is 0 Å². The number of amides is 1. The molecule has 2 aromatic rings. The van der Waals surface area contributed by atoms with Crippen LogP contribution in [0.25, 0.3) is 0 Å². The van der Waals surface area contributed by atoms with Crippen LogP contribution in [-0.2, 0) is 11.2 Å². The molecule has 26 heavy (non-hydrogen) atoms. The Balaban J connectivity index is 1.53. The van der Waals surface area contributed by atoms with Crippen LogP contribution in [0.2, 0.25) is 0 Å². The van der Waals surface area contributed by atoms with Gasteiger partial charge in [-0.05, 0) is 44.6 Å². The molecule has 1 N–H and O–H groups in total. The Labute approximate surface area is 157 Å². The lowest BCUT2D eigenvalue weighted by atomic mass is 9.92. The summed E-state index contributed by atoms with van der Waals surface area (Å²) in [4.78, 5) is 24.8. The van der Waals surface area contributed by atoms with E-state index in [9.17, 15) is 4.79 Å². The zero-order valence-corrected chi connectivity index (χ0v) is 16.0. The number of carbonyl (C=O) groups excluding carboxylic acids is 1. The van der Waals surface area contributed by atoms with Crippen molar-refractivity contribution < 1.29 is 9.53 Å². The normalized spacial score (nSPS) is 25.6. The van der Waals surface area contributed by atoms with Gasteiger partial charge in [-0.3, -0.25) is 4.79 Å². The second-order valence-electron chi connectivity index (χ2n) is 7.13. The maximum absolute atomic E-state index is 12.4. The Morgan fingerprint density at radius 2 is 2.15 bits per heavy atom. The third kappa shape index (κ3) is 3.59. The van der Waals surface area contributed by atoms with Crippen molar-refractivity contribution in [2.75, 3.05) is 18.0 Å². The van der Waals surface area contributed by atoms with Gasteiger partial charge in [0.1, 0.15) is 0 Å². The fourth-order valence-corrected chi connectivity index (χ4v) is 4.44. The quantitative estimate of drug-likeness (QED) is 0.897. The van der Waals surface area contributed by atoms with Crippen molar-refractivity contribution in [3.05, 3.63) is 39.8 Å². The fraction of sp³-hybridized carbons (Fsp3) is 0.526. The van der Waals surface area contributed by atoms with Crippen LogP contribution in [0.4, 0.5) is 5.95 Å². The van der Waals surface area contributed by atoms with Crippen LogP contribution >= 0.6 is 11.3 Å². The monoisotopic (exact) mass is 372 g/mol. The predicted octanol–water partition coefficient (Wildman–Crippen LogP) is 2.96. The van der Waals surface area contributed by atoms with Crippen LogP contribution in [0.15, 0.2) is 23.7 Å². The first-order valence-corrected chi connectivity index (χ1v) is 10.1. The minimum atomic E-state index is -0.0160. The first kappa shape index (κ1) is 17.4. The minimum absolute atomic E-state index is 0.00932. The van der Waals surface area contributed by atoms with Crippen LogP contribution in [0.3, 0.4) is 0 Å². The van der Waals surface area contributed by atoms with Crippen LogP contribution in [0.1, 0.15) is 53.7 Å². The molecule has 1 amide bonds. The number of aryl methyl sites for hydroxylation is 1. The minimum Gasteiger partial charge on any atom is -0.372 e. The number of nitrogens with one attached hydrogen (secondary N) is 1. The summed E-state index contributed by atoms with van der Waals surface area (Å²) in [6.45, 7) is 5.78. The molecule has 0 saturated carbocycles. The number of aromatic nitrogens is 2. The Kier molecular flexibility index (Phi) is 4.91. The number of anilines is 1. The summed E-state index contributed by atoms with van der Waals surface area (Å²) in [6.07, 6.45) is 5.15. The van der Waals surface area contributed by atoms with E-state index in [1.165, 1.54) is 11.3 Å². The van der Waals surface area contributed by atoms with Gasteiger partial charge in [-0.1, -0.05) is 6.07 Å². The molecular weight excluding hydrogens is 348 g/mol.